The fourth-order valence-corrected chi connectivity index (χ4v) is 6.56. The van der Waals surface area contributed by atoms with Gasteiger partial charge in [-0.1, -0.05) is 43.7 Å². The van der Waals surface area contributed by atoms with Gasteiger partial charge in [0.2, 0.25) is 0 Å². The second kappa shape index (κ2) is 15.7. The highest BCUT2D eigenvalue weighted by Crippen LogP contribution is 2.47. The Labute approximate surface area is 215 Å². The summed E-state index contributed by atoms with van der Waals surface area (Å²) in [7, 11) is 1.40. The van der Waals surface area contributed by atoms with Crippen molar-refractivity contribution in [1.29, 1.82) is 0 Å². The summed E-state index contributed by atoms with van der Waals surface area (Å²) >= 11 is 1.37. The summed E-state index contributed by atoms with van der Waals surface area (Å²) in [6, 6.07) is 0. The summed E-state index contributed by atoms with van der Waals surface area (Å²) in [6.07, 6.45) is 13.3. The summed E-state index contributed by atoms with van der Waals surface area (Å²) in [5.41, 5.74) is 0. The second-order valence-electron chi connectivity index (χ2n) is 9.64. The first-order valence-corrected chi connectivity index (χ1v) is 14.0. The first-order valence-electron chi connectivity index (χ1n) is 13.1. The van der Waals surface area contributed by atoms with Crippen molar-refractivity contribution in [2.24, 2.45) is 11.8 Å². The van der Waals surface area contributed by atoms with Crippen LogP contribution in [0, 0.1) is 11.8 Å². The summed E-state index contributed by atoms with van der Waals surface area (Å²) in [4.78, 5) is 35.2. The second-order valence-corrected chi connectivity index (χ2v) is 11.1. The Balaban J connectivity index is 2.09. The number of ether oxygens (including phenoxy) is 4. The van der Waals surface area contributed by atoms with Crippen LogP contribution in [0.4, 0.5) is 0 Å². The Hall–Kier alpha value is -1.38. The monoisotopic (exact) mass is 512 g/mol. The van der Waals surface area contributed by atoms with Crippen molar-refractivity contribution in [1.82, 2.24) is 0 Å². The third-order valence-electron chi connectivity index (χ3n) is 6.99. The molecule has 2 rings (SSSR count). The molecule has 7 nitrogen and oxygen atoms in total. The number of methoxy groups -OCH3 is 1. The van der Waals surface area contributed by atoms with Crippen molar-refractivity contribution in [3.05, 3.63) is 12.2 Å². The molecule has 4 atom stereocenters. The minimum Gasteiger partial charge on any atom is -0.469 e. The van der Waals surface area contributed by atoms with Gasteiger partial charge in [0.25, 0.3) is 0 Å². The first-order chi connectivity index (χ1) is 16.8. The lowest BCUT2D eigenvalue weighted by atomic mass is 9.85. The molecule has 0 bridgehead atoms. The van der Waals surface area contributed by atoms with Gasteiger partial charge in [0.05, 0.1) is 20.3 Å². The van der Waals surface area contributed by atoms with E-state index in [0.29, 0.717) is 26.1 Å². The third kappa shape index (κ3) is 10.3. The number of hydrogen-bond donors (Lipinski definition) is 0. The Morgan fingerprint density at radius 2 is 1.77 bits per heavy atom. The number of esters is 2. The predicted octanol–water partition coefficient (Wildman–Crippen LogP) is 5.60. The van der Waals surface area contributed by atoms with Gasteiger partial charge >= 0.3 is 11.9 Å². The molecule has 0 amide bonds. The van der Waals surface area contributed by atoms with Crippen LogP contribution in [0.25, 0.3) is 0 Å². The number of allylic oxidation sites excluding steroid dienone is 2. The Bertz CT molecular complexity index is 702. The van der Waals surface area contributed by atoms with Crippen molar-refractivity contribution in [3.63, 3.8) is 0 Å². The van der Waals surface area contributed by atoms with Gasteiger partial charge in [-0.25, -0.2) is 0 Å². The van der Waals surface area contributed by atoms with Crippen LogP contribution in [0.1, 0.15) is 91.4 Å². The van der Waals surface area contributed by atoms with Crippen LogP contribution in [0.2, 0.25) is 0 Å². The quantitative estimate of drug-likeness (QED) is 0.159. The minimum atomic E-state index is -0.533. The summed E-state index contributed by atoms with van der Waals surface area (Å²) < 4.78 is 22.7. The van der Waals surface area contributed by atoms with Crippen LogP contribution in [0.3, 0.4) is 0 Å². The highest BCUT2D eigenvalue weighted by Gasteiger charge is 2.46. The molecule has 8 heteroatoms. The predicted molar refractivity (Wildman–Crippen MR) is 137 cm³/mol. The fourth-order valence-electron chi connectivity index (χ4n) is 5.33. The lowest BCUT2D eigenvalue weighted by Gasteiger charge is -2.32. The topological polar surface area (TPSA) is 88.1 Å². The molecule has 1 aliphatic carbocycles. The van der Waals surface area contributed by atoms with Crippen molar-refractivity contribution in [2.45, 2.75) is 109 Å². The van der Waals surface area contributed by atoms with Gasteiger partial charge in [-0.2, -0.15) is 0 Å². The molecule has 1 saturated heterocycles. The number of thioether (sulfide) groups is 1. The normalized spacial score (nSPS) is 25.7. The van der Waals surface area contributed by atoms with E-state index in [4.69, 9.17) is 18.9 Å². The van der Waals surface area contributed by atoms with E-state index in [-0.39, 0.29) is 40.2 Å². The highest BCUT2D eigenvalue weighted by atomic mass is 32.2. The van der Waals surface area contributed by atoms with Crippen molar-refractivity contribution in [2.75, 3.05) is 20.3 Å². The maximum atomic E-state index is 12.0. The molecule has 200 valence electrons. The number of rotatable bonds is 15. The van der Waals surface area contributed by atoms with E-state index in [1.54, 1.807) is 6.92 Å². The Kier molecular flexibility index (Phi) is 13.4. The summed E-state index contributed by atoms with van der Waals surface area (Å²) in [5, 5.41) is 0.190. The van der Waals surface area contributed by atoms with E-state index >= 15 is 0 Å². The van der Waals surface area contributed by atoms with Crippen LogP contribution < -0.4 is 0 Å². The Morgan fingerprint density at radius 3 is 2.40 bits per heavy atom. The zero-order valence-electron chi connectivity index (χ0n) is 21.9. The van der Waals surface area contributed by atoms with E-state index < -0.39 is 5.79 Å². The molecule has 2 fully saturated rings. The summed E-state index contributed by atoms with van der Waals surface area (Å²) in [5.74, 6) is -0.676. The van der Waals surface area contributed by atoms with Crippen LogP contribution in [0.15, 0.2) is 12.2 Å². The number of hydrogen-bond acceptors (Lipinski definition) is 8. The van der Waals surface area contributed by atoms with E-state index in [2.05, 4.69) is 19.1 Å². The fraction of sp³-hybridized carbons (Fsp3) is 0.815. The lowest BCUT2D eigenvalue weighted by Crippen LogP contribution is -2.33. The minimum absolute atomic E-state index is 0.0894. The molecule has 1 saturated carbocycles. The smallest absolute Gasteiger partial charge is 0.305 e. The maximum absolute atomic E-state index is 12.0. The molecule has 0 spiro atoms. The van der Waals surface area contributed by atoms with E-state index in [0.717, 1.165) is 57.8 Å². The number of unbranched alkanes of at least 4 members (excludes halogenated alkanes) is 3. The molecule has 1 unspecified atom stereocenters. The zero-order chi connectivity index (χ0) is 25.7. The van der Waals surface area contributed by atoms with Gasteiger partial charge in [0, 0.05) is 44.3 Å². The molecular formula is C27H44O7S. The van der Waals surface area contributed by atoms with E-state index in [1.165, 1.54) is 25.8 Å². The van der Waals surface area contributed by atoms with Crippen LogP contribution >= 0.6 is 11.8 Å². The van der Waals surface area contributed by atoms with E-state index in [1.807, 2.05) is 0 Å². The SMILES string of the molecule is CCCCCC1(CC[C@H]2C(SC(C)=O)C[C@H](OC(C)=O)[C@@H]2CC=CCCCC(=O)OC)OCCO1. The zero-order valence-corrected chi connectivity index (χ0v) is 22.7. The molecule has 0 aromatic heterocycles. The van der Waals surface area contributed by atoms with Gasteiger partial charge in [-0.05, 0) is 44.4 Å². The molecule has 1 aliphatic heterocycles. The van der Waals surface area contributed by atoms with Gasteiger partial charge in [-0.15, -0.1) is 0 Å². The molecule has 1 heterocycles. The van der Waals surface area contributed by atoms with Gasteiger partial charge in [0.15, 0.2) is 10.9 Å². The van der Waals surface area contributed by atoms with Crippen molar-refractivity contribution >= 4 is 28.8 Å². The first kappa shape index (κ1) is 29.8. The molecule has 0 radical (unpaired) electrons. The van der Waals surface area contributed by atoms with Crippen molar-refractivity contribution in [3.8, 4) is 0 Å². The van der Waals surface area contributed by atoms with Crippen LogP contribution in [-0.4, -0.2) is 54.5 Å². The third-order valence-corrected chi connectivity index (χ3v) is 8.17. The average Bonchev–Trinajstić information content (AvgIpc) is 3.39. The molecule has 2 aliphatic rings. The van der Waals surface area contributed by atoms with Crippen LogP contribution in [-0.2, 0) is 33.3 Å². The van der Waals surface area contributed by atoms with E-state index in [9.17, 15) is 14.4 Å². The maximum Gasteiger partial charge on any atom is 0.305 e. The highest BCUT2D eigenvalue weighted by molar-refractivity contribution is 8.14. The standard InChI is InChI=1S/C27H44O7S/c1-5-6-11-15-27(32-17-18-33-27)16-14-23-22(12-9-7-8-10-13-26(30)31-4)24(34-20(2)28)19-25(23)35-21(3)29/h7,9,22-25H,5-6,8,10-19H2,1-4H3/t22-,23-,24+,25?/m1/s1. The number of carbonyl (C=O) groups excluding carboxylic acids is 3. The molecule has 35 heavy (non-hydrogen) atoms. The van der Waals surface area contributed by atoms with Gasteiger partial charge in [0.1, 0.15) is 6.10 Å². The largest absolute Gasteiger partial charge is 0.469 e. The summed E-state index contributed by atoms with van der Waals surface area (Å²) in [6.45, 7) is 6.48. The number of carbonyl (C=O) groups is 3. The van der Waals surface area contributed by atoms with Crippen LogP contribution in [0.5, 0.6) is 0 Å². The van der Waals surface area contributed by atoms with Gasteiger partial charge in [-0.3, -0.25) is 14.4 Å². The van der Waals surface area contributed by atoms with Gasteiger partial charge < -0.3 is 18.9 Å². The Morgan fingerprint density at radius 1 is 1.03 bits per heavy atom. The molecule has 0 aromatic rings. The molecule has 0 aromatic carbocycles. The average molecular weight is 513 g/mol. The van der Waals surface area contributed by atoms with Crippen molar-refractivity contribution < 1.29 is 33.3 Å². The molecule has 0 N–H and O–H groups in total. The molecular weight excluding hydrogens is 468 g/mol. The lowest BCUT2D eigenvalue weighted by molar-refractivity contribution is -0.171.